The highest BCUT2D eigenvalue weighted by Crippen LogP contribution is 2.13. The third-order valence-corrected chi connectivity index (χ3v) is 5.47. The summed E-state index contributed by atoms with van der Waals surface area (Å²) < 4.78 is 20.8. The first-order valence-corrected chi connectivity index (χ1v) is 8.55. The molecule has 0 N–H and O–H groups in total. The average Bonchev–Trinajstić information content (AvgIpc) is 3.25. The van der Waals surface area contributed by atoms with Gasteiger partial charge in [-0.15, -0.1) is 0 Å². The Balaban J connectivity index is 0.000000473. The SMILES string of the molecule is CCCCCO[Si](CC)(OC)OC.[O]CC1CO1. The fourth-order valence-electron chi connectivity index (χ4n) is 1.34. The summed E-state index contributed by atoms with van der Waals surface area (Å²) >= 11 is 0. The third-order valence-electron chi connectivity index (χ3n) is 2.71. The Morgan fingerprint density at radius 3 is 2.11 bits per heavy atom. The van der Waals surface area contributed by atoms with Crippen molar-refractivity contribution in [3.05, 3.63) is 0 Å². The number of unbranched alkanes of at least 4 members (excludes halogenated alkanes) is 2. The first-order valence-electron chi connectivity index (χ1n) is 6.61. The van der Waals surface area contributed by atoms with Crippen molar-refractivity contribution in [3.8, 4) is 0 Å². The van der Waals surface area contributed by atoms with Crippen LogP contribution in [0, 0.1) is 0 Å². The lowest BCUT2D eigenvalue weighted by Gasteiger charge is -2.24. The lowest BCUT2D eigenvalue weighted by Crippen LogP contribution is -2.43. The van der Waals surface area contributed by atoms with E-state index >= 15 is 0 Å². The summed E-state index contributed by atoms with van der Waals surface area (Å²) in [5.41, 5.74) is 0. The van der Waals surface area contributed by atoms with Crippen LogP contribution in [0.15, 0.2) is 0 Å². The molecule has 1 rings (SSSR count). The topological polar surface area (TPSA) is 60.1 Å². The van der Waals surface area contributed by atoms with Gasteiger partial charge in [-0.1, -0.05) is 26.7 Å². The molecule has 0 aromatic rings. The van der Waals surface area contributed by atoms with Gasteiger partial charge >= 0.3 is 8.80 Å². The largest absolute Gasteiger partial charge is 0.500 e. The molecule has 0 bridgehead atoms. The van der Waals surface area contributed by atoms with Crippen LogP contribution in [0.1, 0.15) is 33.1 Å². The van der Waals surface area contributed by atoms with Crippen LogP contribution in [-0.2, 0) is 23.1 Å². The van der Waals surface area contributed by atoms with Crippen molar-refractivity contribution >= 4 is 8.80 Å². The van der Waals surface area contributed by atoms with Crippen molar-refractivity contribution in [2.45, 2.75) is 45.3 Å². The van der Waals surface area contributed by atoms with Crippen LogP contribution in [0.2, 0.25) is 6.04 Å². The zero-order chi connectivity index (χ0) is 13.9. The van der Waals surface area contributed by atoms with E-state index in [9.17, 15) is 5.11 Å². The summed E-state index contributed by atoms with van der Waals surface area (Å²) in [6, 6.07) is 0.839. The summed E-state index contributed by atoms with van der Waals surface area (Å²) in [5, 5.41) is 9.57. The highest BCUT2D eigenvalue weighted by atomic mass is 28.4. The minimum atomic E-state index is -2.27. The van der Waals surface area contributed by atoms with E-state index in [2.05, 4.69) is 11.7 Å². The van der Waals surface area contributed by atoms with Crippen LogP contribution in [0.4, 0.5) is 0 Å². The van der Waals surface area contributed by atoms with Crippen molar-refractivity contribution in [2.24, 2.45) is 0 Å². The molecule has 0 saturated carbocycles. The minimum Gasteiger partial charge on any atom is -0.377 e. The summed E-state index contributed by atoms with van der Waals surface area (Å²) in [6.45, 7) is 5.62. The van der Waals surface area contributed by atoms with E-state index in [0.717, 1.165) is 19.1 Å². The highest BCUT2D eigenvalue weighted by molar-refractivity contribution is 6.60. The molecule has 0 spiro atoms. The summed E-state index contributed by atoms with van der Waals surface area (Å²) in [7, 11) is 1.06. The van der Waals surface area contributed by atoms with E-state index in [4.69, 9.17) is 13.3 Å². The Bertz CT molecular complexity index is 175. The van der Waals surface area contributed by atoms with Gasteiger partial charge in [0, 0.05) is 26.9 Å². The van der Waals surface area contributed by atoms with Gasteiger partial charge in [-0.25, -0.2) is 5.11 Å². The number of ether oxygens (including phenoxy) is 1. The zero-order valence-corrected chi connectivity index (χ0v) is 13.1. The molecule has 0 aliphatic carbocycles. The van der Waals surface area contributed by atoms with Gasteiger partial charge in [0.15, 0.2) is 0 Å². The first kappa shape index (κ1) is 18.0. The van der Waals surface area contributed by atoms with Crippen molar-refractivity contribution < 1.29 is 23.1 Å². The van der Waals surface area contributed by atoms with E-state index in [0.29, 0.717) is 6.61 Å². The van der Waals surface area contributed by atoms with Crippen molar-refractivity contribution in [1.29, 1.82) is 0 Å². The van der Waals surface area contributed by atoms with Gasteiger partial charge in [0.2, 0.25) is 0 Å². The molecule has 18 heavy (non-hydrogen) atoms. The van der Waals surface area contributed by atoms with Crippen molar-refractivity contribution in [1.82, 2.24) is 0 Å². The van der Waals surface area contributed by atoms with E-state index < -0.39 is 8.80 Å². The number of epoxide rings is 1. The minimum absolute atomic E-state index is 0.0556. The maximum Gasteiger partial charge on any atom is 0.500 e. The van der Waals surface area contributed by atoms with Crippen LogP contribution in [-0.4, -0.2) is 48.9 Å². The van der Waals surface area contributed by atoms with Gasteiger partial charge in [0.25, 0.3) is 0 Å². The molecule has 0 amide bonds. The molecule has 6 heteroatoms. The second kappa shape index (κ2) is 10.9. The van der Waals surface area contributed by atoms with Crippen LogP contribution < -0.4 is 0 Å². The monoisotopic (exact) mass is 279 g/mol. The normalized spacial score (nSPS) is 18.2. The molecular weight excluding hydrogens is 252 g/mol. The van der Waals surface area contributed by atoms with Crippen LogP contribution in [0.5, 0.6) is 0 Å². The highest BCUT2D eigenvalue weighted by Gasteiger charge is 2.36. The van der Waals surface area contributed by atoms with Crippen LogP contribution in [0.3, 0.4) is 0 Å². The van der Waals surface area contributed by atoms with E-state index in [1.54, 1.807) is 14.2 Å². The Labute approximate surface area is 112 Å². The maximum absolute atomic E-state index is 9.57. The maximum atomic E-state index is 9.57. The fraction of sp³-hybridized carbons (Fsp3) is 1.00. The van der Waals surface area contributed by atoms with Crippen molar-refractivity contribution in [3.63, 3.8) is 0 Å². The molecular formula is C12H27O5Si. The predicted octanol–water partition coefficient (Wildman–Crippen LogP) is 2.26. The lowest BCUT2D eigenvalue weighted by atomic mass is 10.3. The standard InChI is InChI=1S/C9H22O3Si.C3H5O2/c1-5-7-8-9-12-13(6-2,10-3)11-4;4-1-3-2-5-3/h5-9H2,1-4H3;3H,1-2H2. The summed E-state index contributed by atoms with van der Waals surface area (Å²) in [4.78, 5) is 0. The number of rotatable bonds is 9. The van der Waals surface area contributed by atoms with E-state index in [1.807, 2.05) is 6.92 Å². The fourth-order valence-corrected chi connectivity index (χ4v) is 2.98. The number of hydrogen-bond donors (Lipinski definition) is 0. The van der Waals surface area contributed by atoms with E-state index in [1.165, 1.54) is 12.8 Å². The third kappa shape index (κ3) is 8.18. The molecule has 0 aromatic carbocycles. The molecule has 0 aromatic heterocycles. The molecule has 1 unspecified atom stereocenters. The molecule has 109 valence electrons. The second-order valence-electron chi connectivity index (χ2n) is 4.12. The first-order chi connectivity index (χ1) is 8.67. The quantitative estimate of drug-likeness (QED) is 0.369. The molecule has 1 saturated heterocycles. The Kier molecular flexibility index (Phi) is 10.9. The molecule has 1 heterocycles. The second-order valence-corrected chi connectivity index (χ2v) is 7.30. The summed E-state index contributed by atoms with van der Waals surface area (Å²) in [5.74, 6) is 0. The van der Waals surface area contributed by atoms with Crippen LogP contribution >= 0.6 is 0 Å². The van der Waals surface area contributed by atoms with Gasteiger partial charge in [0.1, 0.15) is 12.7 Å². The lowest BCUT2D eigenvalue weighted by molar-refractivity contribution is 0.0978. The van der Waals surface area contributed by atoms with Gasteiger partial charge in [-0.3, -0.25) is 0 Å². The molecule has 1 aliphatic heterocycles. The van der Waals surface area contributed by atoms with Crippen molar-refractivity contribution in [2.75, 3.05) is 34.0 Å². The average molecular weight is 279 g/mol. The summed E-state index contributed by atoms with van der Waals surface area (Å²) in [6.07, 6.45) is 3.60. The molecule has 5 nitrogen and oxygen atoms in total. The number of hydrogen-bond acceptors (Lipinski definition) is 4. The molecule has 1 aliphatic rings. The van der Waals surface area contributed by atoms with Gasteiger partial charge < -0.3 is 18.0 Å². The van der Waals surface area contributed by atoms with Gasteiger partial charge in [0.05, 0.1) is 6.61 Å². The smallest absolute Gasteiger partial charge is 0.377 e. The Hall–Kier alpha value is 0.0169. The van der Waals surface area contributed by atoms with Gasteiger partial charge in [-0.05, 0) is 6.42 Å². The Morgan fingerprint density at radius 2 is 1.83 bits per heavy atom. The predicted molar refractivity (Wildman–Crippen MR) is 71.0 cm³/mol. The zero-order valence-electron chi connectivity index (χ0n) is 12.1. The molecule has 1 radical (unpaired) electrons. The van der Waals surface area contributed by atoms with Gasteiger partial charge in [-0.2, -0.15) is 0 Å². The molecule has 1 fully saturated rings. The van der Waals surface area contributed by atoms with Crippen LogP contribution in [0.25, 0.3) is 0 Å². The van der Waals surface area contributed by atoms with E-state index in [-0.39, 0.29) is 12.7 Å². The molecule has 1 atom stereocenters. The Morgan fingerprint density at radius 1 is 1.22 bits per heavy atom.